The lowest BCUT2D eigenvalue weighted by Gasteiger charge is -2.22. The lowest BCUT2D eigenvalue weighted by molar-refractivity contribution is -0.126. The van der Waals surface area contributed by atoms with E-state index in [1.807, 2.05) is 35.9 Å². The van der Waals surface area contributed by atoms with E-state index in [-0.39, 0.29) is 13.0 Å². The second-order valence-electron chi connectivity index (χ2n) is 6.89. The number of nitrogens with zero attached hydrogens (tertiary/aromatic N) is 3. The Hall–Kier alpha value is -3.07. The van der Waals surface area contributed by atoms with E-state index in [0.29, 0.717) is 23.5 Å². The van der Waals surface area contributed by atoms with E-state index in [9.17, 15) is 13.2 Å². The molecule has 0 saturated heterocycles. The van der Waals surface area contributed by atoms with Crippen molar-refractivity contribution in [3.05, 3.63) is 53.9 Å². The third-order valence-electron chi connectivity index (χ3n) is 4.92. The van der Waals surface area contributed by atoms with Crippen LogP contribution in [0.25, 0.3) is 11.0 Å². The summed E-state index contributed by atoms with van der Waals surface area (Å²) in [5.74, 6) is 1.08. The summed E-state index contributed by atoms with van der Waals surface area (Å²) in [6.07, 6.45) is 1.36. The summed E-state index contributed by atoms with van der Waals surface area (Å²) in [5, 5.41) is 0. The number of sulfonamides is 1. The summed E-state index contributed by atoms with van der Waals surface area (Å²) in [7, 11) is 1.06. The van der Waals surface area contributed by atoms with Gasteiger partial charge in [-0.25, -0.2) is 17.7 Å². The number of carbonyl (C=O) groups excluding carboxylic acids is 1. The first-order chi connectivity index (χ1) is 14.3. The van der Waals surface area contributed by atoms with Gasteiger partial charge in [-0.05, 0) is 18.2 Å². The van der Waals surface area contributed by atoms with E-state index < -0.39 is 15.9 Å². The van der Waals surface area contributed by atoms with Crippen LogP contribution in [-0.2, 0) is 34.8 Å². The summed E-state index contributed by atoms with van der Waals surface area (Å²) < 4.78 is 38.1. The van der Waals surface area contributed by atoms with Crippen LogP contribution < -0.4 is 9.47 Å². The van der Waals surface area contributed by atoms with E-state index in [1.54, 1.807) is 18.2 Å². The number of fused-ring (bicyclic) bond motifs is 1. The highest BCUT2D eigenvalue weighted by Gasteiger charge is 2.26. The highest BCUT2D eigenvalue weighted by atomic mass is 32.2. The molecule has 0 bridgehead atoms. The van der Waals surface area contributed by atoms with E-state index in [2.05, 4.69) is 4.98 Å². The molecule has 1 heterocycles. The maximum absolute atomic E-state index is 12.9. The average Bonchev–Trinajstić information content (AvgIpc) is 3.04. The smallest absolute Gasteiger partial charge is 0.236 e. The molecular weight excluding hydrogens is 406 g/mol. The number of amides is 1. The summed E-state index contributed by atoms with van der Waals surface area (Å²) >= 11 is 0. The zero-order chi connectivity index (χ0) is 21.9. The van der Waals surface area contributed by atoms with Crippen LogP contribution in [0.15, 0.2) is 42.5 Å². The van der Waals surface area contributed by atoms with Gasteiger partial charge in [0.15, 0.2) is 11.5 Å². The van der Waals surface area contributed by atoms with Crippen molar-refractivity contribution in [2.45, 2.75) is 19.4 Å². The number of carbonyl (C=O) groups is 1. The molecule has 0 fully saturated rings. The summed E-state index contributed by atoms with van der Waals surface area (Å²) in [5.41, 5.74) is 2.34. The van der Waals surface area contributed by atoms with Crippen LogP contribution in [0, 0.1) is 0 Å². The number of hydrogen-bond donors (Lipinski definition) is 0. The van der Waals surface area contributed by atoms with Crippen LogP contribution in [0.3, 0.4) is 0 Å². The van der Waals surface area contributed by atoms with Gasteiger partial charge in [-0.1, -0.05) is 24.3 Å². The van der Waals surface area contributed by atoms with Crippen molar-refractivity contribution in [1.29, 1.82) is 0 Å². The molecule has 0 unspecified atom stereocenters. The monoisotopic (exact) mass is 431 g/mol. The molecule has 0 aliphatic rings. The lowest BCUT2D eigenvalue weighted by Crippen LogP contribution is -2.36. The molecule has 0 atom stereocenters. The van der Waals surface area contributed by atoms with Gasteiger partial charge in [0.2, 0.25) is 15.9 Å². The average molecular weight is 432 g/mol. The Morgan fingerprint density at radius 3 is 2.47 bits per heavy atom. The number of hydrogen-bond acceptors (Lipinski definition) is 6. The van der Waals surface area contributed by atoms with E-state index in [0.717, 1.165) is 27.4 Å². The van der Waals surface area contributed by atoms with Crippen molar-refractivity contribution >= 4 is 27.0 Å². The second kappa shape index (κ2) is 8.74. The third-order valence-corrected chi connectivity index (χ3v) is 6.05. The van der Waals surface area contributed by atoms with Crippen LogP contribution in [-0.4, -0.2) is 48.7 Å². The van der Waals surface area contributed by atoms with Crippen LogP contribution >= 0.6 is 0 Å². The van der Waals surface area contributed by atoms with Crippen LogP contribution in [0.1, 0.15) is 17.8 Å². The zero-order valence-electron chi connectivity index (χ0n) is 17.5. The molecule has 0 spiro atoms. The second-order valence-corrected chi connectivity index (χ2v) is 8.80. The Bertz CT molecular complexity index is 1170. The van der Waals surface area contributed by atoms with Gasteiger partial charge in [0.25, 0.3) is 0 Å². The largest absolute Gasteiger partial charge is 0.493 e. The zero-order valence-corrected chi connectivity index (χ0v) is 18.3. The standard InChI is InChI=1S/C21H25N3O5S/c1-23-17-10-6-5-9-16(17)22-19(23)12-13-20(25)24(30(4,26)27)14-15-8-7-11-18(28-2)21(15)29-3/h5-11H,12-14H2,1-4H3. The molecule has 160 valence electrons. The molecule has 8 nitrogen and oxygen atoms in total. The number of para-hydroxylation sites is 3. The SMILES string of the molecule is COc1cccc(CN(C(=O)CCc2nc3ccccc3n2C)S(C)(=O)=O)c1OC. The molecule has 9 heteroatoms. The Kier molecular flexibility index (Phi) is 6.31. The fourth-order valence-corrected chi connectivity index (χ4v) is 4.22. The molecule has 2 aromatic carbocycles. The maximum atomic E-state index is 12.9. The first-order valence-electron chi connectivity index (χ1n) is 9.37. The van der Waals surface area contributed by atoms with Gasteiger partial charge in [-0.3, -0.25) is 4.79 Å². The number of aromatic nitrogens is 2. The third kappa shape index (κ3) is 4.40. The quantitative estimate of drug-likeness (QED) is 0.544. The van der Waals surface area contributed by atoms with Crippen LogP contribution in [0.4, 0.5) is 0 Å². The number of ether oxygens (including phenoxy) is 2. The number of imidazole rings is 1. The summed E-state index contributed by atoms with van der Waals surface area (Å²) in [4.78, 5) is 17.4. The molecule has 1 aromatic heterocycles. The van der Waals surface area contributed by atoms with Crippen molar-refractivity contribution in [2.75, 3.05) is 20.5 Å². The minimum atomic E-state index is -3.79. The highest BCUT2D eigenvalue weighted by Crippen LogP contribution is 2.32. The minimum Gasteiger partial charge on any atom is -0.493 e. The van der Waals surface area contributed by atoms with Crippen molar-refractivity contribution in [3.63, 3.8) is 0 Å². The van der Waals surface area contributed by atoms with Crippen LogP contribution in [0.2, 0.25) is 0 Å². The molecule has 0 radical (unpaired) electrons. The Morgan fingerprint density at radius 2 is 1.83 bits per heavy atom. The Balaban J connectivity index is 1.82. The summed E-state index contributed by atoms with van der Waals surface area (Å²) in [6, 6.07) is 12.8. The van der Waals surface area contributed by atoms with Gasteiger partial charge in [-0.2, -0.15) is 0 Å². The molecule has 0 saturated carbocycles. The van der Waals surface area contributed by atoms with Gasteiger partial charge in [0, 0.05) is 25.5 Å². The van der Waals surface area contributed by atoms with Gasteiger partial charge >= 0.3 is 0 Å². The first-order valence-corrected chi connectivity index (χ1v) is 11.2. The van der Waals surface area contributed by atoms with Crippen molar-refractivity contribution in [1.82, 2.24) is 13.9 Å². The fourth-order valence-electron chi connectivity index (χ4n) is 3.39. The van der Waals surface area contributed by atoms with E-state index >= 15 is 0 Å². The number of aryl methyl sites for hydroxylation is 2. The fraction of sp³-hybridized carbons (Fsp3) is 0.333. The minimum absolute atomic E-state index is 0.0104. The number of methoxy groups -OCH3 is 2. The molecular formula is C21H25N3O5S. The molecule has 0 aliphatic carbocycles. The van der Waals surface area contributed by atoms with Gasteiger partial charge in [0.05, 0.1) is 38.1 Å². The predicted molar refractivity (Wildman–Crippen MR) is 114 cm³/mol. The molecule has 3 aromatic rings. The van der Waals surface area contributed by atoms with Gasteiger partial charge < -0.3 is 14.0 Å². The van der Waals surface area contributed by atoms with E-state index in [4.69, 9.17) is 9.47 Å². The lowest BCUT2D eigenvalue weighted by atomic mass is 10.1. The predicted octanol–water partition coefficient (Wildman–Crippen LogP) is 2.51. The normalized spacial score (nSPS) is 11.5. The molecule has 1 amide bonds. The molecule has 3 rings (SSSR count). The number of benzene rings is 2. The molecule has 0 N–H and O–H groups in total. The van der Waals surface area contributed by atoms with Gasteiger partial charge in [-0.15, -0.1) is 0 Å². The first kappa shape index (κ1) is 21.6. The highest BCUT2D eigenvalue weighted by molar-refractivity contribution is 7.88. The topological polar surface area (TPSA) is 90.7 Å². The Morgan fingerprint density at radius 1 is 1.10 bits per heavy atom. The summed E-state index contributed by atoms with van der Waals surface area (Å²) in [6.45, 7) is -0.138. The van der Waals surface area contributed by atoms with Crippen molar-refractivity contribution in [2.24, 2.45) is 7.05 Å². The van der Waals surface area contributed by atoms with Crippen molar-refractivity contribution in [3.8, 4) is 11.5 Å². The number of rotatable bonds is 8. The molecule has 0 aliphatic heterocycles. The molecule has 30 heavy (non-hydrogen) atoms. The van der Waals surface area contributed by atoms with E-state index in [1.165, 1.54) is 14.2 Å². The van der Waals surface area contributed by atoms with Crippen LogP contribution in [0.5, 0.6) is 11.5 Å². The maximum Gasteiger partial charge on any atom is 0.236 e. The van der Waals surface area contributed by atoms with Gasteiger partial charge in [0.1, 0.15) is 5.82 Å². The Labute approximate surface area is 176 Å². The van der Waals surface area contributed by atoms with Crippen molar-refractivity contribution < 1.29 is 22.7 Å².